The van der Waals surface area contributed by atoms with Crippen LogP contribution in [0.5, 0.6) is 5.75 Å². The molecule has 1 fully saturated rings. The molecule has 2 N–H and O–H groups in total. The van der Waals surface area contributed by atoms with Gasteiger partial charge in [0.1, 0.15) is 29.2 Å². The van der Waals surface area contributed by atoms with Gasteiger partial charge in [0.05, 0.1) is 11.6 Å². The van der Waals surface area contributed by atoms with Crippen LogP contribution < -0.4 is 15.4 Å². The van der Waals surface area contributed by atoms with Crippen molar-refractivity contribution in [2.75, 3.05) is 18.5 Å². The van der Waals surface area contributed by atoms with Crippen LogP contribution in [-0.2, 0) is 15.0 Å². The number of pyridine rings is 1. The zero-order valence-electron chi connectivity index (χ0n) is 19.1. The monoisotopic (exact) mass is 484 g/mol. The molecule has 3 aliphatic rings. The van der Waals surface area contributed by atoms with Crippen molar-refractivity contribution in [3.63, 3.8) is 0 Å². The van der Waals surface area contributed by atoms with Crippen molar-refractivity contribution in [1.82, 2.24) is 10.3 Å². The molecule has 0 radical (unpaired) electrons. The van der Waals surface area contributed by atoms with E-state index in [4.69, 9.17) is 30.8 Å². The van der Waals surface area contributed by atoms with E-state index in [0.717, 1.165) is 18.4 Å². The van der Waals surface area contributed by atoms with Crippen LogP contribution in [0, 0.1) is 5.41 Å². The molecule has 2 spiro atoms. The maximum Gasteiger partial charge on any atom is 0.415 e. The zero-order valence-corrected chi connectivity index (χ0v) is 19.9. The molecule has 178 valence electrons. The second-order valence-corrected chi connectivity index (χ2v) is 10.2. The van der Waals surface area contributed by atoms with Crippen LogP contribution in [0.15, 0.2) is 41.5 Å². The number of ether oxygens (including phenoxy) is 3. The second-order valence-electron chi connectivity index (χ2n) is 9.79. The first-order valence-electron chi connectivity index (χ1n) is 11.0. The highest BCUT2D eigenvalue weighted by Gasteiger charge is 2.66. The molecule has 1 aliphatic carbocycles. The molecule has 2 amide bonds. The van der Waals surface area contributed by atoms with Gasteiger partial charge in [0.25, 0.3) is 11.9 Å². The summed E-state index contributed by atoms with van der Waals surface area (Å²) in [6.07, 6.45) is 2.64. The Balaban J connectivity index is 1.44. The van der Waals surface area contributed by atoms with Crippen LogP contribution in [0.1, 0.15) is 49.7 Å². The number of carbonyl (C=O) groups is 2. The normalized spacial score (nSPS) is 21.7. The maximum atomic E-state index is 12.7. The van der Waals surface area contributed by atoms with Crippen molar-refractivity contribution in [2.45, 2.75) is 44.8 Å². The lowest BCUT2D eigenvalue weighted by atomic mass is 9.74. The number of amidine groups is 1. The summed E-state index contributed by atoms with van der Waals surface area (Å²) in [6, 6.07) is 8.72. The number of aromatic nitrogens is 1. The van der Waals surface area contributed by atoms with E-state index in [2.05, 4.69) is 15.6 Å². The van der Waals surface area contributed by atoms with Crippen molar-refractivity contribution < 1.29 is 23.8 Å². The summed E-state index contributed by atoms with van der Waals surface area (Å²) in [5, 5.41) is 5.94. The topological polar surface area (TPSA) is 111 Å². The average molecular weight is 485 g/mol. The lowest BCUT2D eigenvalue weighted by Gasteiger charge is -2.39. The predicted octanol–water partition coefficient (Wildman–Crippen LogP) is 4.27. The van der Waals surface area contributed by atoms with Gasteiger partial charge in [-0.25, -0.2) is 20.1 Å². The fourth-order valence-corrected chi connectivity index (χ4v) is 4.48. The first-order chi connectivity index (χ1) is 16.1. The highest BCUT2D eigenvalue weighted by atomic mass is 35.5. The number of hydrogen-bond donors (Lipinski definition) is 2. The SMILES string of the molecule is CC(C)(C)OC(=O)NC1=NC2(CO1)c1cc(NC(=O)c3ccc(Cl)cn3)ccc1OCC21CC1. The molecule has 1 saturated carbocycles. The number of halogens is 1. The van der Waals surface area contributed by atoms with E-state index in [1.54, 1.807) is 39.0 Å². The molecular formula is C24H25ClN4O5. The smallest absolute Gasteiger partial charge is 0.415 e. The van der Waals surface area contributed by atoms with Crippen molar-refractivity contribution >= 4 is 35.3 Å². The molecule has 3 heterocycles. The van der Waals surface area contributed by atoms with Crippen LogP contribution in [0.25, 0.3) is 0 Å². The van der Waals surface area contributed by atoms with E-state index in [1.807, 2.05) is 12.1 Å². The van der Waals surface area contributed by atoms with E-state index < -0.39 is 17.2 Å². The minimum Gasteiger partial charge on any atom is -0.493 e. The third-order valence-corrected chi connectivity index (χ3v) is 6.42. The molecule has 1 aromatic carbocycles. The molecule has 2 aliphatic heterocycles. The summed E-state index contributed by atoms with van der Waals surface area (Å²) in [7, 11) is 0. The Morgan fingerprint density at radius 1 is 1.09 bits per heavy atom. The van der Waals surface area contributed by atoms with E-state index in [-0.39, 0.29) is 29.6 Å². The van der Waals surface area contributed by atoms with Gasteiger partial charge in [-0.15, -0.1) is 0 Å². The van der Waals surface area contributed by atoms with Crippen molar-refractivity contribution in [1.29, 1.82) is 0 Å². The number of nitrogens with zero attached hydrogens (tertiary/aromatic N) is 2. The fraction of sp³-hybridized carbons (Fsp3) is 0.417. The number of nitrogens with one attached hydrogen (secondary N) is 2. The van der Waals surface area contributed by atoms with Gasteiger partial charge in [-0.05, 0) is 63.9 Å². The second kappa shape index (κ2) is 7.87. The molecule has 34 heavy (non-hydrogen) atoms. The Kier molecular flexibility index (Phi) is 5.20. The van der Waals surface area contributed by atoms with Crippen LogP contribution in [-0.4, -0.2) is 41.8 Å². The Hall–Kier alpha value is -3.33. The molecule has 0 bridgehead atoms. The number of anilines is 1. The Morgan fingerprint density at radius 2 is 1.88 bits per heavy atom. The number of aliphatic imine (C=N–C) groups is 1. The molecule has 2 aromatic rings. The van der Waals surface area contributed by atoms with Gasteiger partial charge in [-0.2, -0.15) is 0 Å². The van der Waals surface area contributed by atoms with Crippen LogP contribution >= 0.6 is 11.6 Å². The van der Waals surface area contributed by atoms with Gasteiger partial charge in [0.15, 0.2) is 0 Å². The molecule has 1 aromatic heterocycles. The van der Waals surface area contributed by atoms with Crippen LogP contribution in [0.3, 0.4) is 0 Å². The van der Waals surface area contributed by atoms with E-state index >= 15 is 0 Å². The molecule has 9 nitrogen and oxygen atoms in total. The summed E-state index contributed by atoms with van der Waals surface area (Å²) in [5.74, 6) is 0.313. The molecule has 0 saturated heterocycles. The van der Waals surface area contributed by atoms with Crippen molar-refractivity contribution in [3.05, 3.63) is 52.8 Å². The van der Waals surface area contributed by atoms with E-state index in [9.17, 15) is 9.59 Å². The predicted molar refractivity (Wildman–Crippen MR) is 125 cm³/mol. The standard InChI is InChI=1S/C24H25ClN4O5/c1-22(2,3)34-21(31)28-20-29-24(13-33-20)16-10-15(5-7-18(16)32-12-23(24)8-9-23)27-19(30)17-6-4-14(25)11-26-17/h4-7,10-11H,8-9,12-13H2,1-3H3,(H,27,30)(H,28,29,31). The number of benzene rings is 1. The lowest BCUT2D eigenvalue weighted by Crippen LogP contribution is -2.44. The lowest BCUT2D eigenvalue weighted by molar-refractivity contribution is 0.0546. The van der Waals surface area contributed by atoms with Gasteiger partial charge >= 0.3 is 6.09 Å². The number of hydrogen-bond acceptors (Lipinski definition) is 7. The minimum absolute atomic E-state index is 0.119. The minimum atomic E-state index is -0.732. The van der Waals surface area contributed by atoms with Gasteiger partial charge in [-0.1, -0.05) is 11.6 Å². The number of amides is 2. The summed E-state index contributed by atoms with van der Waals surface area (Å²) < 4.78 is 17.2. The number of rotatable bonds is 2. The third-order valence-electron chi connectivity index (χ3n) is 6.20. The van der Waals surface area contributed by atoms with Gasteiger partial charge in [-0.3, -0.25) is 4.79 Å². The third kappa shape index (κ3) is 4.04. The summed E-state index contributed by atoms with van der Waals surface area (Å²) in [6.45, 7) is 6.12. The first-order valence-corrected chi connectivity index (χ1v) is 11.4. The Bertz CT molecular complexity index is 1190. The molecule has 1 unspecified atom stereocenters. The van der Waals surface area contributed by atoms with E-state index in [0.29, 0.717) is 23.1 Å². The van der Waals surface area contributed by atoms with Crippen LogP contribution in [0.2, 0.25) is 5.02 Å². The Labute approximate surface area is 201 Å². The zero-order chi connectivity index (χ0) is 24.1. The van der Waals surface area contributed by atoms with Gasteiger partial charge in [0.2, 0.25) is 0 Å². The fourth-order valence-electron chi connectivity index (χ4n) is 4.37. The number of carbonyl (C=O) groups excluding carboxylic acids is 2. The van der Waals surface area contributed by atoms with Crippen molar-refractivity contribution in [2.24, 2.45) is 10.4 Å². The maximum absolute atomic E-state index is 12.7. The highest BCUT2D eigenvalue weighted by Crippen LogP contribution is 2.65. The largest absolute Gasteiger partial charge is 0.493 e. The summed E-state index contributed by atoms with van der Waals surface area (Å²) in [5.41, 5.74) is 0.0274. The van der Waals surface area contributed by atoms with Gasteiger partial charge in [0, 0.05) is 22.9 Å². The molecule has 5 rings (SSSR count). The summed E-state index contributed by atoms with van der Waals surface area (Å²) in [4.78, 5) is 33.9. The van der Waals surface area contributed by atoms with Gasteiger partial charge < -0.3 is 19.5 Å². The highest BCUT2D eigenvalue weighted by molar-refractivity contribution is 6.30. The summed E-state index contributed by atoms with van der Waals surface area (Å²) >= 11 is 5.87. The molecule has 1 atom stereocenters. The van der Waals surface area contributed by atoms with E-state index in [1.165, 1.54) is 6.20 Å². The number of fused-ring (bicyclic) bond motifs is 3. The van der Waals surface area contributed by atoms with Crippen molar-refractivity contribution in [3.8, 4) is 5.75 Å². The molecule has 10 heteroatoms. The Morgan fingerprint density at radius 3 is 2.56 bits per heavy atom. The first kappa shape index (κ1) is 22.5. The average Bonchev–Trinajstić information content (AvgIpc) is 3.44. The quantitative estimate of drug-likeness (QED) is 0.658. The molecular weight excluding hydrogens is 460 g/mol. The van der Waals surface area contributed by atoms with Crippen LogP contribution in [0.4, 0.5) is 10.5 Å². The number of alkyl carbamates (subject to hydrolysis) is 1.